The highest BCUT2D eigenvalue weighted by atomic mass is 16.4. The van der Waals surface area contributed by atoms with Gasteiger partial charge in [0.1, 0.15) is 6.04 Å². The topological polar surface area (TPSA) is 78.4 Å². The molecule has 17 heavy (non-hydrogen) atoms. The summed E-state index contributed by atoms with van der Waals surface area (Å²) in [5.74, 6) is -0.566. The van der Waals surface area contributed by atoms with Crippen molar-refractivity contribution in [3.05, 3.63) is 0 Å². The van der Waals surface area contributed by atoms with E-state index in [0.29, 0.717) is 18.9 Å². The third-order valence-electron chi connectivity index (χ3n) is 2.57. The molecule has 5 nitrogen and oxygen atoms in total. The molecule has 0 aliphatic rings. The summed E-state index contributed by atoms with van der Waals surface area (Å²) in [7, 11) is 0. The molecule has 2 atom stereocenters. The molecule has 0 aromatic rings. The van der Waals surface area contributed by atoms with Gasteiger partial charge in [0.15, 0.2) is 0 Å². The number of carboxylic acid groups (broad SMARTS) is 1. The number of nitrogens with one attached hydrogen (secondary N) is 2. The van der Waals surface area contributed by atoms with Crippen molar-refractivity contribution in [1.29, 1.82) is 0 Å². The van der Waals surface area contributed by atoms with Gasteiger partial charge in [0.2, 0.25) is 0 Å². The second kappa shape index (κ2) is 8.84. The van der Waals surface area contributed by atoms with E-state index in [0.717, 1.165) is 19.3 Å². The van der Waals surface area contributed by atoms with Gasteiger partial charge < -0.3 is 15.7 Å². The van der Waals surface area contributed by atoms with Crippen molar-refractivity contribution in [3.8, 4) is 0 Å². The minimum Gasteiger partial charge on any atom is -0.480 e. The Morgan fingerprint density at radius 1 is 1.18 bits per heavy atom. The third-order valence-corrected chi connectivity index (χ3v) is 2.57. The summed E-state index contributed by atoms with van der Waals surface area (Å²) in [6, 6.07) is -1.18. The van der Waals surface area contributed by atoms with Gasteiger partial charge in [-0.3, -0.25) is 0 Å². The molecule has 5 heteroatoms. The lowest BCUT2D eigenvalue weighted by Crippen LogP contribution is -2.46. The molecule has 0 saturated heterocycles. The molecule has 2 amide bonds. The molecule has 0 aliphatic heterocycles. The maximum absolute atomic E-state index is 11.5. The summed E-state index contributed by atoms with van der Waals surface area (Å²) in [6.45, 7) is 6.62. The normalized spacial score (nSPS) is 13.8. The van der Waals surface area contributed by atoms with Crippen LogP contribution in [0, 0.1) is 5.92 Å². The van der Waals surface area contributed by atoms with Gasteiger partial charge >= 0.3 is 12.0 Å². The lowest BCUT2D eigenvalue weighted by Gasteiger charge is -2.16. The molecular formula is C12H24N2O3. The van der Waals surface area contributed by atoms with Crippen molar-refractivity contribution in [2.24, 2.45) is 5.92 Å². The van der Waals surface area contributed by atoms with E-state index in [2.05, 4.69) is 24.5 Å². The highest BCUT2D eigenvalue weighted by Gasteiger charge is 2.18. The summed E-state index contributed by atoms with van der Waals surface area (Å²) in [6.07, 6.45) is 3.31. The van der Waals surface area contributed by atoms with Crippen LogP contribution in [0.2, 0.25) is 0 Å². The first-order chi connectivity index (χ1) is 8.01. The Balaban J connectivity index is 3.93. The zero-order valence-electron chi connectivity index (χ0n) is 11.0. The molecule has 2 unspecified atom stereocenters. The second-order valence-electron chi connectivity index (χ2n) is 4.43. The molecule has 0 heterocycles. The van der Waals surface area contributed by atoms with E-state index >= 15 is 0 Å². The molecule has 0 spiro atoms. The molecule has 3 N–H and O–H groups in total. The van der Waals surface area contributed by atoms with Crippen LogP contribution in [0.4, 0.5) is 4.79 Å². The van der Waals surface area contributed by atoms with Crippen LogP contribution in [0.1, 0.15) is 46.5 Å². The van der Waals surface area contributed by atoms with Crippen LogP contribution in [0.5, 0.6) is 0 Å². The Morgan fingerprint density at radius 3 is 2.24 bits per heavy atom. The fourth-order valence-corrected chi connectivity index (χ4v) is 1.62. The summed E-state index contributed by atoms with van der Waals surface area (Å²) >= 11 is 0. The number of carbonyl (C=O) groups excluding carboxylic acids is 1. The van der Waals surface area contributed by atoms with Gasteiger partial charge in [-0.15, -0.1) is 0 Å². The standard InChI is InChI=1S/C12H24N2O3/c1-4-6-9(3)8-13-12(17)14-10(7-5-2)11(15)16/h9-10H,4-8H2,1-3H3,(H,15,16)(H2,13,14,17). The highest BCUT2D eigenvalue weighted by Crippen LogP contribution is 2.02. The minimum absolute atomic E-state index is 0.395. The van der Waals surface area contributed by atoms with Gasteiger partial charge in [-0.05, 0) is 18.8 Å². The first-order valence-electron chi connectivity index (χ1n) is 6.28. The largest absolute Gasteiger partial charge is 0.480 e. The molecule has 0 radical (unpaired) electrons. The lowest BCUT2D eigenvalue weighted by atomic mass is 10.1. The number of rotatable bonds is 8. The molecule has 0 fully saturated rings. The van der Waals surface area contributed by atoms with Crippen LogP contribution in [0.3, 0.4) is 0 Å². The Bertz CT molecular complexity index is 244. The summed E-state index contributed by atoms with van der Waals surface area (Å²) in [4.78, 5) is 22.3. The fraction of sp³-hybridized carbons (Fsp3) is 0.833. The van der Waals surface area contributed by atoms with Gasteiger partial charge in [0.25, 0.3) is 0 Å². The SMILES string of the molecule is CCCC(C)CNC(=O)NC(CCC)C(=O)O. The highest BCUT2D eigenvalue weighted by molar-refractivity contribution is 5.82. The molecule has 0 bridgehead atoms. The summed E-state index contributed by atoms with van der Waals surface area (Å²) < 4.78 is 0. The van der Waals surface area contributed by atoms with E-state index in [-0.39, 0.29) is 0 Å². The van der Waals surface area contributed by atoms with Crippen LogP contribution in [0.15, 0.2) is 0 Å². The van der Waals surface area contributed by atoms with Gasteiger partial charge in [0, 0.05) is 6.54 Å². The van der Waals surface area contributed by atoms with Crippen molar-refractivity contribution in [2.45, 2.75) is 52.5 Å². The average molecular weight is 244 g/mol. The predicted octanol–water partition coefficient (Wildman–Crippen LogP) is 1.98. The first-order valence-corrected chi connectivity index (χ1v) is 6.28. The Hall–Kier alpha value is -1.26. The smallest absolute Gasteiger partial charge is 0.326 e. The second-order valence-corrected chi connectivity index (χ2v) is 4.43. The van der Waals surface area contributed by atoms with E-state index in [1.165, 1.54) is 0 Å². The van der Waals surface area contributed by atoms with E-state index in [9.17, 15) is 9.59 Å². The van der Waals surface area contributed by atoms with E-state index < -0.39 is 18.0 Å². The number of hydrogen-bond acceptors (Lipinski definition) is 2. The van der Waals surface area contributed by atoms with Crippen LogP contribution in [0.25, 0.3) is 0 Å². The first kappa shape index (κ1) is 15.7. The number of carbonyl (C=O) groups is 2. The minimum atomic E-state index is -0.983. The number of urea groups is 1. The van der Waals surface area contributed by atoms with Gasteiger partial charge in [0.05, 0.1) is 0 Å². The van der Waals surface area contributed by atoms with E-state index in [1.807, 2.05) is 6.92 Å². The summed E-state index contributed by atoms with van der Waals surface area (Å²) in [5.41, 5.74) is 0. The Morgan fingerprint density at radius 2 is 1.76 bits per heavy atom. The fourth-order valence-electron chi connectivity index (χ4n) is 1.62. The molecule has 0 saturated carbocycles. The van der Waals surface area contributed by atoms with E-state index in [1.54, 1.807) is 0 Å². The quantitative estimate of drug-likeness (QED) is 0.611. The van der Waals surface area contributed by atoms with Crippen molar-refractivity contribution in [3.63, 3.8) is 0 Å². The molecule has 0 aromatic heterocycles. The van der Waals surface area contributed by atoms with Crippen molar-refractivity contribution >= 4 is 12.0 Å². The van der Waals surface area contributed by atoms with Crippen molar-refractivity contribution in [2.75, 3.05) is 6.54 Å². The zero-order valence-corrected chi connectivity index (χ0v) is 11.0. The number of hydrogen-bond donors (Lipinski definition) is 3. The monoisotopic (exact) mass is 244 g/mol. The molecule has 0 aliphatic carbocycles. The van der Waals surface area contributed by atoms with Crippen molar-refractivity contribution in [1.82, 2.24) is 10.6 Å². The van der Waals surface area contributed by atoms with Crippen LogP contribution in [-0.4, -0.2) is 29.7 Å². The molecular weight excluding hydrogens is 220 g/mol. The molecule has 0 rings (SSSR count). The van der Waals surface area contributed by atoms with Crippen LogP contribution < -0.4 is 10.6 Å². The Labute approximate surface area is 103 Å². The molecule has 100 valence electrons. The number of aliphatic carboxylic acids is 1. The number of carboxylic acids is 1. The average Bonchev–Trinajstić information content (AvgIpc) is 2.26. The van der Waals surface area contributed by atoms with Gasteiger partial charge in [-0.25, -0.2) is 9.59 Å². The summed E-state index contributed by atoms with van der Waals surface area (Å²) in [5, 5.41) is 14.0. The van der Waals surface area contributed by atoms with Gasteiger partial charge in [-0.2, -0.15) is 0 Å². The van der Waals surface area contributed by atoms with Crippen LogP contribution in [-0.2, 0) is 4.79 Å². The Kier molecular flexibility index (Phi) is 8.19. The number of amides is 2. The third kappa shape index (κ3) is 7.60. The van der Waals surface area contributed by atoms with Crippen LogP contribution >= 0.6 is 0 Å². The van der Waals surface area contributed by atoms with Gasteiger partial charge in [-0.1, -0.05) is 33.6 Å². The zero-order chi connectivity index (χ0) is 13.3. The lowest BCUT2D eigenvalue weighted by molar-refractivity contribution is -0.139. The maximum atomic E-state index is 11.5. The predicted molar refractivity (Wildman–Crippen MR) is 66.9 cm³/mol. The maximum Gasteiger partial charge on any atom is 0.326 e. The van der Waals surface area contributed by atoms with E-state index in [4.69, 9.17) is 5.11 Å². The van der Waals surface area contributed by atoms with Crippen molar-refractivity contribution < 1.29 is 14.7 Å². The molecule has 0 aromatic carbocycles.